The molecular formula is C18H24N2. The summed E-state index contributed by atoms with van der Waals surface area (Å²) in [5.74, 6) is 0. The second-order valence-electron chi connectivity index (χ2n) is 5.48. The number of nitrogen functional groups attached to an aromatic ring is 1. The molecule has 0 spiro atoms. The molecule has 1 aliphatic rings. The van der Waals surface area contributed by atoms with Crippen molar-refractivity contribution < 1.29 is 0 Å². The van der Waals surface area contributed by atoms with Gasteiger partial charge in [0.15, 0.2) is 0 Å². The van der Waals surface area contributed by atoms with Crippen LogP contribution in [0, 0.1) is 0 Å². The third-order valence-corrected chi connectivity index (χ3v) is 4.30. The topological polar surface area (TPSA) is 52.0 Å². The highest BCUT2D eigenvalue weighted by Crippen LogP contribution is 2.45. The normalized spacial score (nSPS) is 19.1. The third-order valence-electron chi connectivity index (χ3n) is 4.30. The van der Waals surface area contributed by atoms with Crippen molar-refractivity contribution in [3.63, 3.8) is 0 Å². The van der Waals surface area contributed by atoms with Crippen LogP contribution in [0.5, 0.6) is 0 Å². The minimum Gasteiger partial charge on any atom is -0.405 e. The fraction of sp³-hybridized carbons (Fsp3) is 0.333. The molecule has 1 fully saturated rings. The Hall–Kier alpha value is -1.96. The number of hydrogen-bond donors (Lipinski definition) is 2. The van der Waals surface area contributed by atoms with Gasteiger partial charge < -0.3 is 11.5 Å². The summed E-state index contributed by atoms with van der Waals surface area (Å²) >= 11 is 0. The van der Waals surface area contributed by atoms with Gasteiger partial charge in [-0.3, -0.25) is 0 Å². The Morgan fingerprint density at radius 3 is 2.30 bits per heavy atom. The Labute approximate surface area is 121 Å². The highest BCUT2D eigenvalue weighted by atomic mass is 14.5. The number of hydrogen-bond acceptors (Lipinski definition) is 2. The van der Waals surface area contributed by atoms with Gasteiger partial charge in [0.2, 0.25) is 0 Å². The SMILES string of the molecule is C=C/C=C(\C=C/N)C1(c2ccc(N)cc2)CCCCC1. The van der Waals surface area contributed by atoms with Gasteiger partial charge in [-0.05, 0) is 48.4 Å². The number of allylic oxidation sites excluding steroid dienone is 4. The molecule has 1 saturated carbocycles. The standard InChI is InChI=1S/C18H24N2/c1-2-6-15(11-14-19)18(12-4-3-5-13-18)16-7-9-17(20)10-8-16/h2,6-11,14H,1,3-5,12-13,19-20H2/b14-11-,15-6+. The lowest BCUT2D eigenvalue weighted by Crippen LogP contribution is -2.31. The predicted octanol–water partition coefficient (Wildman–Crippen LogP) is 4.06. The van der Waals surface area contributed by atoms with Crippen LogP contribution in [0.15, 0.2) is 60.8 Å². The largest absolute Gasteiger partial charge is 0.405 e. The Bertz CT molecular complexity index is 503. The Kier molecular flexibility index (Phi) is 4.67. The Morgan fingerprint density at radius 1 is 1.10 bits per heavy atom. The lowest BCUT2D eigenvalue weighted by molar-refractivity contribution is 0.345. The third kappa shape index (κ3) is 2.79. The van der Waals surface area contributed by atoms with E-state index < -0.39 is 0 Å². The summed E-state index contributed by atoms with van der Waals surface area (Å²) in [7, 11) is 0. The monoisotopic (exact) mass is 268 g/mol. The van der Waals surface area contributed by atoms with Crippen LogP contribution in [0.1, 0.15) is 37.7 Å². The second-order valence-corrected chi connectivity index (χ2v) is 5.48. The number of nitrogens with two attached hydrogens (primary N) is 2. The van der Waals surface area contributed by atoms with E-state index in [9.17, 15) is 0 Å². The van der Waals surface area contributed by atoms with Crippen molar-refractivity contribution in [1.29, 1.82) is 0 Å². The van der Waals surface area contributed by atoms with Crippen molar-refractivity contribution in [2.45, 2.75) is 37.5 Å². The van der Waals surface area contributed by atoms with Crippen LogP contribution >= 0.6 is 0 Å². The summed E-state index contributed by atoms with van der Waals surface area (Å²) in [5, 5.41) is 0. The van der Waals surface area contributed by atoms with Crippen LogP contribution in [0.3, 0.4) is 0 Å². The summed E-state index contributed by atoms with van der Waals surface area (Å²) < 4.78 is 0. The number of rotatable bonds is 4. The fourth-order valence-electron chi connectivity index (χ4n) is 3.31. The predicted molar refractivity (Wildman–Crippen MR) is 87.2 cm³/mol. The van der Waals surface area contributed by atoms with Gasteiger partial charge in [-0.1, -0.05) is 50.1 Å². The molecule has 0 atom stereocenters. The molecule has 0 heterocycles. The average Bonchev–Trinajstić information content (AvgIpc) is 2.48. The molecule has 0 aromatic heterocycles. The van der Waals surface area contributed by atoms with Gasteiger partial charge in [-0.15, -0.1) is 0 Å². The van der Waals surface area contributed by atoms with Crippen LogP contribution < -0.4 is 11.5 Å². The molecule has 106 valence electrons. The van der Waals surface area contributed by atoms with Crippen LogP contribution in [0.4, 0.5) is 5.69 Å². The molecule has 0 saturated heterocycles. The molecule has 0 unspecified atom stereocenters. The van der Waals surface area contributed by atoms with E-state index >= 15 is 0 Å². The molecule has 2 nitrogen and oxygen atoms in total. The lowest BCUT2D eigenvalue weighted by Gasteiger charge is -2.39. The molecule has 1 aromatic carbocycles. The Morgan fingerprint density at radius 2 is 1.75 bits per heavy atom. The van der Waals surface area contributed by atoms with Gasteiger partial charge in [0.25, 0.3) is 0 Å². The molecule has 1 aromatic rings. The molecule has 2 rings (SSSR count). The molecule has 2 heteroatoms. The first-order chi connectivity index (χ1) is 9.73. The first kappa shape index (κ1) is 14.4. The first-order valence-corrected chi connectivity index (χ1v) is 7.30. The fourth-order valence-corrected chi connectivity index (χ4v) is 3.31. The molecule has 0 aliphatic heterocycles. The van der Waals surface area contributed by atoms with E-state index in [4.69, 9.17) is 11.5 Å². The molecule has 0 bridgehead atoms. The van der Waals surface area contributed by atoms with E-state index in [0.29, 0.717) is 0 Å². The van der Waals surface area contributed by atoms with Crippen molar-refractivity contribution in [2.75, 3.05) is 5.73 Å². The first-order valence-electron chi connectivity index (χ1n) is 7.30. The molecule has 0 amide bonds. The smallest absolute Gasteiger partial charge is 0.0314 e. The lowest BCUT2D eigenvalue weighted by atomic mass is 9.64. The Balaban J connectivity index is 2.51. The summed E-state index contributed by atoms with van der Waals surface area (Å²) in [6.45, 7) is 3.85. The van der Waals surface area contributed by atoms with Gasteiger partial charge in [0, 0.05) is 11.1 Å². The van der Waals surface area contributed by atoms with E-state index in [0.717, 1.165) is 18.5 Å². The number of benzene rings is 1. The number of anilines is 1. The van der Waals surface area contributed by atoms with Gasteiger partial charge in [-0.2, -0.15) is 0 Å². The molecule has 0 radical (unpaired) electrons. The van der Waals surface area contributed by atoms with E-state index in [1.165, 1.54) is 30.4 Å². The van der Waals surface area contributed by atoms with Crippen molar-refractivity contribution in [3.05, 3.63) is 66.4 Å². The van der Waals surface area contributed by atoms with E-state index in [1.54, 1.807) is 6.20 Å². The molecule has 4 N–H and O–H groups in total. The summed E-state index contributed by atoms with van der Waals surface area (Å²) in [5.41, 5.74) is 14.9. The van der Waals surface area contributed by atoms with Gasteiger partial charge in [0.1, 0.15) is 0 Å². The maximum Gasteiger partial charge on any atom is 0.0314 e. The van der Waals surface area contributed by atoms with Gasteiger partial charge in [-0.25, -0.2) is 0 Å². The molecule has 1 aliphatic carbocycles. The summed E-state index contributed by atoms with van der Waals surface area (Å²) in [6.07, 6.45) is 13.7. The quantitative estimate of drug-likeness (QED) is 0.639. The van der Waals surface area contributed by atoms with Crippen molar-refractivity contribution in [2.24, 2.45) is 5.73 Å². The van der Waals surface area contributed by atoms with E-state index in [1.807, 2.05) is 24.3 Å². The average molecular weight is 268 g/mol. The maximum absolute atomic E-state index is 5.83. The zero-order valence-corrected chi connectivity index (χ0v) is 12.0. The van der Waals surface area contributed by atoms with Gasteiger partial charge in [0.05, 0.1) is 0 Å². The van der Waals surface area contributed by atoms with E-state index in [-0.39, 0.29) is 5.41 Å². The van der Waals surface area contributed by atoms with Crippen LogP contribution in [-0.4, -0.2) is 0 Å². The van der Waals surface area contributed by atoms with Crippen LogP contribution in [-0.2, 0) is 5.41 Å². The van der Waals surface area contributed by atoms with Crippen molar-refractivity contribution >= 4 is 5.69 Å². The highest BCUT2D eigenvalue weighted by molar-refractivity contribution is 5.48. The van der Waals surface area contributed by atoms with Crippen LogP contribution in [0.2, 0.25) is 0 Å². The molecular weight excluding hydrogens is 244 g/mol. The van der Waals surface area contributed by atoms with E-state index in [2.05, 4.69) is 24.8 Å². The maximum atomic E-state index is 5.83. The minimum absolute atomic E-state index is 0.0516. The zero-order chi connectivity index (χ0) is 14.4. The second kappa shape index (κ2) is 6.47. The van der Waals surface area contributed by atoms with Gasteiger partial charge >= 0.3 is 0 Å². The van der Waals surface area contributed by atoms with Crippen LogP contribution in [0.25, 0.3) is 0 Å². The molecule has 20 heavy (non-hydrogen) atoms. The van der Waals surface area contributed by atoms with Crippen molar-refractivity contribution in [1.82, 2.24) is 0 Å². The highest BCUT2D eigenvalue weighted by Gasteiger charge is 2.36. The zero-order valence-electron chi connectivity index (χ0n) is 12.0. The van der Waals surface area contributed by atoms with Crippen molar-refractivity contribution in [3.8, 4) is 0 Å². The minimum atomic E-state index is 0.0516. The summed E-state index contributed by atoms with van der Waals surface area (Å²) in [6, 6.07) is 8.29. The summed E-state index contributed by atoms with van der Waals surface area (Å²) in [4.78, 5) is 0.